The molecule has 1 amide bonds. The van der Waals surface area contributed by atoms with Gasteiger partial charge in [-0.25, -0.2) is 8.42 Å². The van der Waals surface area contributed by atoms with Gasteiger partial charge in [0.2, 0.25) is 0 Å². The fourth-order valence-corrected chi connectivity index (χ4v) is 5.70. The van der Waals surface area contributed by atoms with E-state index in [9.17, 15) is 13.2 Å². The highest BCUT2D eigenvalue weighted by atomic mass is 32.2. The molecule has 27 heavy (non-hydrogen) atoms. The first-order valence-corrected chi connectivity index (χ1v) is 11.3. The summed E-state index contributed by atoms with van der Waals surface area (Å²) >= 11 is 1.54. The number of hydrogen-bond acceptors (Lipinski definition) is 5. The van der Waals surface area contributed by atoms with Gasteiger partial charge in [0.25, 0.3) is 5.91 Å². The maximum Gasteiger partial charge on any atom is 0.276 e. The molecule has 3 heterocycles. The second kappa shape index (κ2) is 6.94. The largest absolute Gasteiger partial charge is 0.321 e. The van der Waals surface area contributed by atoms with E-state index in [4.69, 9.17) is 0 Å². The van der Waals surface area contributed by atoms with Crippen molar-refractivity contribution in [2.75, 3.05) is 16.8 Å². The Kier molecular flexibility index (Phi) is 4.61. The van der Waals surface area contributed by atoms with Crippen LogP contribution in [0.5, 0.6) is 0 Å². The lowest BCUT2D eigenvalue weighted by Crippen LogP contribution is -2.16. The summed E-state index contributed by atoms with van der Waals surface area (Å²) in [5.74, 6) is -0.0869. The summed E-state index contributed by atoms with van der Waals surface area (Å²) in [6.45, 7) is 1.96. The third-order valence-corrected chi connectivity index (χ3v) is 7.21. The van der Waals surface area contributed by atoms with E-state index in [0.717, 1.165) is 16.1 Å². The van der Waals surface area contributed by atoms with Crippen LogP contribution in [0.4, 0.5) is 5.69 Å². The second-order valence-corrected chi connectivity index (χ2v) is 9.89. The van der Waals surface area contributed by atoms with Crippen molar-refractivity contribution in [2.45, 2.75) is 19.4 Å². The van der Waals surface area contributed by atoms with Gasteiger partial charge in [-0.05, 0) is 48.6 Å². The zero-order chi connectivity index (χ0) is 19.0. The van der Waals surface area contributed by atoms with E-state index in [1.807, 2.05) is 48.7 Å². The number of rotatable bonds is 4. The normalized spacial score (nSPS) is 18.5. The van der Waals surface area contributed by atoms with Crippen LogP contribution in [0.3, 0.4) is 0 Å². The number of thiophene rings is 1. The molecule has 1 fully saturated rings. The smallest absolute Gasteiger partial charge is 0.276 e. The second-order valence-electron chi connectivity index (χ2n) is 6.72. The summed E-state index contributed by atoms with van der Waals surface area (Å²) in [4.78, 5) is 13.7. The zero-order valence-electron chi connectivity index (χ0n) is 14.8. The number of amides is 1. The third-order valence-electron chi connectivity index (χ3n) is 4.57. The number of sulfone groups is 1. The molecule has 0 radical (unpaired) electrons. The maximum atomic E-state index is 12.7. The minimum Gasteiger partial charge on any atom is -0.321 e. The van der Waals surface area contributed by atoms with Crippen molar-refractivity contribution in [3.8, 4) is 10.6 Å². The highest BCUT2D eigenvalue weighted by molar-refractivity contribution is 7.91. The summed E-state index contributed by atoms with van der Waals surface area (Å²) in [5, 5.41) is 9.29. The first kappa shape index (κ1) is 17.9. The van der Waals surface area contributed by atoms with E-state index in [1.165, 1.54) is 11.3 Å². The molecule has 2 aromatic heterocycles. The van der Waals surface area contributed by atoms with Crippen molar-refractivity contribution in [3.05, 3.63) is 59.1 Å². The van der Waals surface area contributed by atoms with Crippen molar-refractivity contribution in [2.24, 2.45) is 0 Å². The monoisotopic (exact) mass is 401 g/mol. The molecule has 0 bridgehead atoms. The van der Waals surface area contributed by atoms with Crippen LogP contribution >= 0.6 is 11.3 Å². The van der Waals surface area contributed by atoms with Gasteiger partial charge in [-0.3, -0.25) is 9.48 Å². The predicted octanol–water partition coefficient (Wildman–Crippen LogP) is 3.53. The topological polar surface area (TPSA) is 81.1 Å². The number of anilines is 1. The lowest BCUT2D eigenvalue weighted by molar-refractivity contribution is 0.102. The van der Waals surface area contributed by atoms with E-state index >= 15 is 0 Å². The number of carbonyl (C=O) groups excluding carboxylic acids is 1. The van der Waals surface area contributed by atoms with Gasteiger partial charge < -0.3 is 5.32 Å². The van der Waals surface area contributed by atoms with Gasteiger partial charge in [0.1, 0.15) is 0 Å². The van der Waals surface area contributed by atoms with Crippen molar-refractivity contribution in [1.82, 2.24) is 9.78 Å². The molecule has 4 rings (SSSR count). The molecule has 6 nitrogen and oxygen atoms in total. The molecule has 0 spiro atoms. The number of carbonyl (C=O) groups is 1. The minimum atomic E-state index is -3.05. The first-order chi connectivity index (χ1) is 12.9. The Hall–Kier alpha value is -2.45. The Morgan fingerprint density at radius 1 is 1.26 bits per heavy atom. The van der Waals surface area contributed by atoms with Crippen molar-refractivity contribution in [1.29, 1.82) is 0 Å². The number of nitrogens with one attached hydrogen (secondary N) is 1. The summed E-state index contributed by atoms with van der Waals surface area (Å²) in [7, 11) is -3.05. The molecular formula is C19H19N3O3S2. The summed E-state index contributed by atoms with van der Waals surface area (Å²) < 4.78 is 25.5. The molecule has 0 unspecified atom stereocenters. The van der Waals surface area contributed by atoms with E-state index in [0.29, 0.717) is 12.1 Å². The van der Waals surface area contributed by atoms with E-state index in [-0.39, 0.29) is 29.1 Å². The van der Waals surface area contributed by atoms with Gasteiger partial charge in [-0.15, -0.1) is 11.3 Å². The first-order valence-electron chi connectivity index (χ1n) is 8.63. The van der Waals surface area contributed by atoms with Crippen LogP contribution in [-0.4, -0.2) is 35.6 Å². The zero-order valence-corrected chi connectivity index (χ0v) is 16.4. The molecule has 0 aliphatic carbocycles. The third kappa shape index (κ3) is 3.81. The van der Waals surface area contributed by atoms with Crippen LogP contribution < -0.4 is 5.32 Å². The maximum absolute atomic E-state index is 12.7. The van der Waals surface area contributed by atoms with E-state index in [2.05, 4.69) is 10.4 Å². The summed E-state index contributed by atoms with van der Waals surface area (Å²) in [5.41, 5.74) is 2.81. The average molecular weight is 402 g/mol. The molecule has 8 heteroatoms. The highest BCUT2D eigenvalue weighted by Gasteiger charge is 2.32. The van der Waals surface area contributed by atoms with Crippen molar-refractivity contribution < 1.29 is 13.2 Å². The average Bonchev–Trinajstić information content (AvgIpc) is 3.32. The molecule has 3 aromatic rings. The molecular weight excluding hydrogens is 382 g/mol. The fourth-order valence-electron chi connectivity index (χ4n) is 3.28. The molecule has 1 saturated heterocycles. The number of benzene rings is 1. The van der Waals surface area contributed by atoms with E-state index < -0.39 is 9.84 Å². The summed E-state index contributed by atoms with van der Waals surface area (Å²) in [6, 6.07) is 12.9. The van der Waals surface area contributed by atoms with Crippen LogP contribution in [0.15, 0.2) is 47.8 Å². The van der Waals surface area contributed by atoms with Crippen molar-refractivity contribution >= 4 is 32.8 Å². The Bertz CT molecular complexity index is 1090. The molecule has 140 valence electrons. The van der Waals surface area contributed by atoms with Gasteiger partial charge in [-0.2, -0.15) is 5.10 Å². The number of aryl methyl sites for hydroxylation is 1. The quantitative estimate of drug-likeness (QED) is 0.725. The van der Waals surface area contributed by atoms with Gasteiger partial charge in [0.05, 0.1) is 28.1 Å². The Morgan fingerprint density at radius 2 is 2.11 bits per heavy atom. The van der Waals surface area contributed by atoms with Crippen LogP contribution in [0.1, 0.15) is 28.5 Å². The van der Waals surface area contributed by atoms with Gasteiger partial charge in [0.15, 0.2) is 15.5 Å². The van der Waals surface area contributed by atoms with Crippen LogP contribution in [-0.2, 0) is 9.84 Å². The molecule has 1 N–H and O–H groups in total. The molecule has 1 aliphatic rings. The molecule has 1 aromatic carbocycles. The lowest BCUT2D eigenvalue weighted by atomic mass is 10.2. The van der Waals surface area contributed by atoms with Crippen molar-refractivity contribution in [3.63, 3.8) is 0 Å². The number of hydrogen-bond donors (Lipinski definition) is 1. The lowest BCUT2D eigenvalue weighted by Gasteiger charge is -2.12. The SMILES string of the molecule is Cc1cccc(NC(=O)c2cc(-c3cccs3)n([C@H]3CCS(=O)(=O)C3)n2)c1. The Labute approximate surface area is 161 Å². The standard InChI is InChI=1S/C19H19N3O3S2/c1-13-4-2-5-14(10-13)20-19(23)16-11-17(18-6-3-8-26-18)22(21-16)15-7-9-27(24,25)12-15/h2-6,8,10-11,15H,7,9,12H2,1H3,(H,20,23)/t15-/m0/s1. The van der Waals surface area contributed by atoms with Crippen LogP contribution in [0, 0.1) is 6.92 Å². The van der Waals surface area contributed by atoms with Crippen LogP contribution in [0.25, 0.3) is 10.6 Å². The Balaban J connectivity index is 1.68. The predicted molar refractivity (Wildman–Crippen MR) is 107 cm³/mol. The van der Waals surface area contributed by atoms with Gasteiger partial charge >= 0.3 is 0 Å². The van der Waals surface area contributed by atoms with E-state index in [1.54, 1.807) is 10.7 Å². The molecule has 1 aliphatic heterocycles. The number of nitrogens with zero attached hydrogens (tertiary/aromatic N) is 2. The van der Waals surface area contributed by atoms with Gasteiger partial charge in [0, 0.05) is 5.69 Å². The highest BCUT2D eigenvalue weighted by Crippen LogP contribution is 2.32. The van der Waals surface area contributed by atoms with Crippen LogP contribution in [0.2, 0.25) is 0 Å². The molecule has 1 atom stereocenters. The minimum absolute atomic E-state index is 0.0615. The fraction of sp³-hybridized carbons (Fsp3) is 0.263. The Morgan fingerprint density at radius 3 is 2.78 bits per heavy atom. The summed E-state index contributed by atoms with van der Waals surface area (Å²) in [6.07, 6.45) is 0.515. The van der Waals surface area contributed by atoms with Gasteiger partial charge in [-0.1, -0.05) is 18.2 Å². The number of aromatic nitrogens is 2. The molecule has 0 saturated carbocycles.